The summed E-state index contributed by atoms with van der Waals surface area (Å²) in [6, 6.07) is 0.176. The molecule has 4 heteroatoms. The van der Waals surface area contributed by atoms with E-state index in [-0.39, 0.29) is 11.3 Å². The summed E-state index contributed by atoms with van der Waals surface area (Å²) in [5.74, 6) is 2.40. The van der Waals surface area contributed by atoms with Gasteiger partial charge in [-0.1, -0.05) is 27.2 Å². The normalized spacial score (nSPS) is 39.4. The lowest BCUT2D eigenvalue weighted by Crippen LogP contribution is -2.52. The molecule has 4 unspecified atom stereocenters. The molecule has 0 aromatic carbocycles. The molecule has 0 amide bonds. The fourth-order valence-electron chi connectivity index (χ4n) is 4.52. The Kier molecular flexibility index (Phi) is 5.52. The molecule has 1 saturated carbocycles. The lowest BCUT2D eigenvalue weighted by molar-refractivity contribution is 0.170. The second-order valence-corrected chi connectivity index (χ2v) is 9.50. The molecule has 20 heavy (non-hydrogen) atoms. The lowest BCUT2D eigenvalue weighted by Gasteiger charge is -2.41. The van der Waals surface area contributed by atoms with E-state index in [1.54, 1.807) is 0 Å². The van der Waals surface area contributed by atoms with Crippen molar-refractivity contribution in [2.24, 2.45) is 17.8 Å². The van der Waals surface area contributed by atoms with Crippen molar-refractivity contribution < 1.29 is 8.42 Å². The molecule has 0 spiro atoms. The van der Waals surface area contributed by atoms with Crippen molar-refractivity contribution in [3.63, 3.8) is 0 Å². The molecule has 4 atom stereocenters. The van der Waals surface area contributed by atoms with E-state index in [4.69, 9.17) is 0 Å². The van der Waals surface area contributed by atoms with E-state index in [2.05, 4.69) is 26.1 Å². The smallest absolute Gasteiger partial charge is 0.154 e. The third-order valence-electron chi connectivity index (χ3n) is 5.19. The van der Waals surface area contributed by atoms with Crippen molar-refractivity contribution >= 4 is 9.84 Å². The van der Waals surface area contributed by atoms with Crippen LogP contribution < -0.4 is 5.32 Å². The standard InChI is InChI=1S/C16H31NO2S/c1-4-17-16(14-10-12(2)9-13(3)11-14)15-7-5-6-8-20(15,18)19/h12-17H,4-11H2,1-3H3. The first-order valence-corrected chi connectivity index (χ1v) is 10.1. The van der Waals surface area contributed by atoms with Crippen molar-refractivity contribution in [2.75, 3.05) is 12.3 Å². The Bertz CT molecular complexity index is 397. The lowest BCUT2D eigenvalue weighted by atomic mass is 9.72. The monoisotopic (exact) mass is 301 g/mol. The van der Waals surface area contributed by atoms with Crippen LogP contribution in [0.3, 0.4) is 0 Å². The minimum Gasteiger partial charge on any atom is -0.313 e. The second-order valence-electron chi connectivity index (χ2n) is 7.16. The van der Waals surface area contributed by atoms with Crippen LogP contribution in [0.4, 0.5) is 0 Å². The number of nitrogens with one attached hydrogen (secondary N) is 1. The van der Waals surface area contributed by atoms with Crippen molar-refractivity contribution in [3.05, 3.63) is 0 Å². The molecule has 2 rings (SSSR count). The first kappa shape index (κ1) is 16.3. The van der Waals surface area contributed by atoms with Crippen LogP contribution in [0.1, 0.15) is 59.3 Å². The summed E-state index contributed by atoms with van der Waals surface area (Å²) in [4.78, 5) is 0. The molecule has 2 aliphatic rings. The third kappa shape index (κ3) is 3.76. The predicted octanol–water partition coefficient (Wildman–Crippen LogP) is 3.00. The van der Waals surface area contributed by atoms with Gasteiger partial charge in [0, 0.05) is 6.04 Å². The minimum absolute atomic E-state index is 0.140. The Morgan fingerprint density at radius 2 is 1.75 bits per heavy atom. The predicted molar refractivity (Wildman–Crippen MR) is 84.6 cm³/mol. The van der Waals surface area contributed by atoms with Gasteiger partial charge in [-0.05, 0) is 56.4 Å². The Morgan fingerprint density at radius 3 is 2.30 bits per heavy atom. The molecule has 2 fully saturated rings. The average Bonchev–Trinajstić information content (AvgIpc) is 2.35. The Morgan fingerprint density at radius 1 is 1.10 bits per heavy atom. The van der Waals surface area contributed by atoms with Crippen LogP contribution in [0, 0.1) is 17.8 Å². The molecular weight excluding hydrogens is 270 g/mol. The molecule has 118 valence electrons. The topological polar surface area (TPSA) is 46.2 Å². The zero-order valence-corrected chi connectivity index (χ0v) is 14.1. The van der Waals surface area contributed by atoms with Gasteiger partial charge in [-0.25, -0.2) is 8.42 Å². The van der Waals surface area contributed by atoms with E-state index in [0.717, 1.165) is 37.6 Å². The maximum atomic E-state index is 12.5. The van der Waals surface area contributed by atoms with Gasteiger partial charge in [-0.2, -0.15) is 0 Å². The van der Waals surface area contributed by atoms with Crippen LogP contribution in [0.2, 0.25) is 0 Å². The molecule has 1 N–H and O–H groups in total. The molecule has 1 saturated heterocycles. The van der Waals surface area contributed by atoms with Gasteiger partial charge >= 0.3 is 0 Å². The van der Waals surface area contributed by atoms with E-state index in [9.17, 15) is 8.42 Å². The van der Waals surface area contributed by atoms with Crippen LogP contribution in [0.25, 0.3) is 0 Å². The van der Waals surface area contributed by atoms with Crippen LogP contribution in [0.5, 0.6) is 0 Å². The van der Waals surface area contributed by atoms with Crippen molar-refractivity contribution in [3.8, 4) is 0 Å². The summed E-state index contributed by atoms with van der Waals surface area (Å²) < 4.78 is 24.9. The van der Waals surface area contributed by atoms with Crippen molar-refractivity contribution in [1.29, 1.82) is 0 Å². The average molecular weight is 301 g/mol. The van der Waals surface area contributed by atoms with Crippen molar-refractivity contribution in [1.82, 2.24) is 5.32 Å². The van der Waals surface area contributed by atoms with E-state index < -0.39 is 9.84 Å². The van der Waals surface area contributed by atoms with Gasteiger partial charge in [-0.15, -0.1) is 0 Å². The van der Waals surface area contributed by atoms with E-state index in [0.29, 0.717) is 11.7 Å². The van der Waals surface area contributed by atoms with Crippen LogP contribution in [-0.4, -0.2) is 32.0 Å². The molecule has 0 aromatic rings. The Balaban J connectivity index is 2.17. The van der Waals surface area contributed by atoms with E-state index >= 15 is 0 Å². The van der Waals surface area contributed by atoms with Gasteiger partial charge in [-0.3, -0.25) is 0 Å². The van der Waals surface area contributed by atoms with Gasteiger partial charge in [0.15, 0.2) is 9.84 Å². The molecular formula is C16H31NO2S. The molecule has 1 heterocycles. The maximum absolute atomic E-state index is 12.5. The zero-order valence-electron chi connectivity index (χ0n) is 13.3. The molecule has 0 radical (unpaired) electrons. The quantitative estimate of drug-likeness (QED) is 0.868. The fourth-order valence-corrected chi connectivity index (χ4v) is 6.72. The van der Waals surface area contributed by atoms with Gasteiger partial charge in [0.25, 0.3) is 0 Å². The number of hydrogen-bond acceptors (Lipinski definition) is 3. The summed E-state index contributed by atoms with van der Waals surface area (Å²) in [6.45, 7) is 7.61. The number of rotatable bonds is 4. The highest BCUT2D eigenvalue weighted by molar-refractivity contribution is 7.92. The zero-order chi connectivity index (χ0) is 14.8. The fraction of sp³-hybridized carbons (Fsp3) is 1.00. The minimum atomic E-state index is -2.89. The summed E-state index contributed by atoms with van der Waals surface area (Å²) >= 11 is 0. The van der Waals surface area contributed by atoms with Crippen molar-refractivity contribution in [2.45, 2.75) is 70.6 Å². The first-order chi connectivity index (χ1) is 9.44. The number of hydrogen-bond donors (Lipinski definition) is 1. The molecule has 0 bridgehead atoms. The molecule has 0 aromatic heterocycles. The first-order valence-electron chi connectivity index (χ1n) is 8.39. The summed E-state index contributed by atoms with van der Waals surface area (Å²) in [5.41, 5.74) is 0. The second kappa shape index (κ2) is 6.78. The van der Waals surface area contributed by atoms with Crippen LogP contribution >= 0.6 is 0 Å². The van der Waals surface area contributed by atoms with Crippen LogP contribution in [0.15, 0.2) is 0 Å². The highest BCUT2D eigenvalue weighted by Gasteiger charge is 2.40. The molecule has 3 nitrogen and oxygen atoms in total. The van der Waals surface area contributed by atoms with E-state index in [1.165, 1.54) is 19.3 Å². The summed E-state index contributed by atoms with van der Waals surface area (Å²) in [6.07, 6.45) is 6.47. The third-order valence-corrected chi connectivity index (χ3v) is 7.50. The highest BCUT2D eigenvalue weighted by atomic mass is 32.2. The molecule has 1 aliphatic carbocycles. The Hall–Kier alpha value is -0.0900. The summed E-state index contributed by atoms with van der Waals surface area (Å²) in [7, 11) is -2.89. The summed E-state index contributed by atoms with van der Waals surface area (Å²) in [5, 5.41) is 3.40. The SMILES string of the molecule is CCNC(C1CC(C)CC(C)C1)C1CCCCS1(=O)=O. The molecule has 1 aliphatic heterocycles. The van der Waals surface area contributed by atoms with Gasteiger partial charge < -0.3 is 5.32 Å². The van der Waals surface area contributed by atoms with Gasteiger partial charge in [0.2, 0.25) is 0 Å². The highest BCUT2D eigenvalue weighted by Crippen LogP contribution is 2.38. The largest absolute Gasteiger partial charge is 0.313 e. The van der Waals surface area contributed by atoms with Gasteiger partial charge in [0.1, 0.15) is 0 Å². The maximum Gasteiger partial charge on any atom is 0.154 e. The number of sulfone groups is 1. The Labute approximate surface area is 124 Å². The van der Waals surface area contributed by atoms with E-state index in [1.807, 2.05) is 0 Å². The van der Waals surface area contributed by atoms with Crippen LogP contribution in [-0.2, 0) is 9.84 Å². The van der Waals surface area contributed by atoms with Gasteiger partial charge in [0.05, 0.1) is 11.0 Å².